The molecular formula is C18H19BrN2O4. The summed E-state index contributed by atoms with van der Waals surface area (Å²) in [5.41, 5.74) is 0.592. The van der Waals surface area contributed by atoms with Gasteiger partial charge in [0, 0.05) is 31.7 Å². The molecule has 6 nitrogen and oxygen atoms in total. The molecule has 1 aliphatic rings. The molecule has 1 aromatic carbocycles. The van der Waals surface area contributed by atoms with Crippen LogP contribution < -0.4 is 4.74 Å². The van der Waals surface area contributed by atoms with Crippen LogP contribution in [-0.4, -0.2) is 54.9 Å². The fraction of sp³-hybridized carbons (Fsp3) is 0.333. The lowest BCUT2D eigenvalue weighted by atomic mass is 10.2. The zero-order valence-corrected chi connectivity index (χ0v) is 15.5. The van der Waals surface area contributed by atoms with Crippen molar-refractivity contribution in [2.45, 2.75) is 6.42 Å². The molecule has 2 heterocycles. The zero-order chi connectivity index (χ0) is 17.8. The number of hydrogen-bond acceptors (Lipinski definition) is 4. The summed E-state index contributed by atoms with van der Waals surface area (Å²) in [6.07, 6.45) is 0.726. The molecule has 1 aliphatic heterocycles. The van der Waals surface area contributed by atoms with Gasteiger partial charge in [-0.25, -0.2) is 0 Å². The Hall–Kier alpha value is -2.28. The van der Waals surface area contributed by atoms with Gasteiger partial charge in [0.1, 0.15) is 5.75 Å². The highest BCUT2D eigenvalue weighted by atomic mass is 79.9. The fourth-order valence-electron chi connectivity index (χ4n) is 2.85. The van der Waals surface area contributed by atoms with E-state index in [2.05, 4.69) is 15.9 Å². The number of carbonyl (C=O) groups excluding carboxylic acids is 2. The Balaban J connectivity index is 1.66. The van der Waals surface area contributed by atoms with Gasteiger partial charge in [-0.15, -0.1) is 0 Å². The maximum Gasteiger partial charge on any atom is 0.289 e. The molecule has 0 spiro atoms. The van der Waals surface area contributed by atoms with Gasteiger partial charge in [0.25, 0.3) is 11.8 Å². The maximum atomic E-state index is 12.7. The van der Waals surface area contributed by atoms with Gasteiger partial charge in [0.05, 0.1) is 7.11 Å². The van der Waals surface area contributed by atoms with Crippen LogP contribution in [0.2, 0.25) is 0 Å². The number of halogens is 1. The van der Waals surface area contributed by atoms with Gasteiger partial charge in [-0.05, 0) is 52.7 Å². The standard InChI is InChI=1S/C18H19BrN2O4/c1-24-14-5-2-4-13(12-14)17(22)20-8-3-9-21(11-10-20)18(23)15-6-7-16(19)25-15/h2,4-7,12H,3,8-11H2,1H3. The molecule has 0 aliphatic carbocycles. The van der Waals surface area contributed by atoms with Gasteiger partial charge in [-0.2, -0.15) is 0 Å². The van der Waals surface area contributed by atoms with Gasteiger partial charge < -0.3 is 19.0 Å². The van der Waals surface area contributed by atoms with E-state index in [-0.39, 0.29) is 11.8 Å². The van der Waals surface area contributed by atoms with Crippen molar-refractivity contribution in [1.82, 2.24) is 9.80 Å². The molecule has 0 unspecified atom stereocenters. The minimum atomic E-state index is -0.152. The summed E-state index contributed by atoms with van der Waals surface area (Å²) in [5, 5.41) is 0. The van der Waals surface area contributed by atoms with E-state index < -0.39 is 0 Å². The molecule has 25 heavy (non-hydrogen) atoms. The average Bonchev–Trinajstić information content (AvgIpc) is 2.93. The number of carbonyl (C=O) groups is 2. The summed E-state index contributed by atoms with van der Waals surface area (Å²) in [5.74, 6) is 0.760. The van der Waals surface area contributed by atoms with Crippen molar-refractivity contribution in [2.24, 2.45) is 0 Å². The first kappa shape index (κ1) is 17.5. The van der Waals surface area contributed by atoms with Gasteiger partial charge >= 0.3 is 0 Å². The van der Waals surface area contributed by atoms with Crippen LogP contribution >= 0.6 is 15.9 Å². The van der Waals surface area contributed by atoms with Crippen LogP contribution in [0.4, 0.5) is 0 Å². The Morgan fingerprint density at radius 3 is 2.40 bits per heavy atom. The van der Waals surface area contributed by atoms with Crippen LogP contribution in [0.5, 0.6) is 5.75 Å². The first-order chi connectivity index (χ1) is 12.1. The number of nitrogens with zero attached hydrogens (tertiary/aromatic N) is 2. The van der Waals surface area contributed by atoms with Crippen molar-refractivity contribution in [3.05, 3.63) is 52.4 Å². The summed E-state index contributed by atoms with van der Waals surface area (Å²) in [7, 11) is 1.58. The van der Waals surface area contributed by atoms with E-state index in [1.165, 1.54) is 0 Å². The van der Waals surface area contributed by atoms with Gasteiger partial charge in [0.2, 0.25) is 0 Å². The topological polar surface area (TPSA) is 63.0 Å². The Morgan fingerprint density at radius 1 is 1.04 bits per heavy atom. The van der Waals surface area contributed by atoms with Crippen molar-refractivity contribution < 1.29 is 18.7 Å². The van der Waals surface area contributed by atoms with Crippen molar-refractivity contribution in [1.29, 1.82) is 0 Å². The second-order valence-corrected chi connectivity index (χ2v) is 6.56. The predicted octanol–water partition coefficient (Wildman–Crippen LogP) is 3.04. The van der Waals surface area contributed by atoms with Crippen LogP contribution in [0, 0.1) is 0 Å². The van der Waals surface area contributed by atoms with Crippen LogP contribution in [0.15, 0.2) is 45.5 Å². The lowest BCUT2D eigenvalue weighted by Gasteiger charge is -2.22. The zero-order valence-electron chi connectivity index (χ0n) is 13.9. The number of hydrogen-bond donors (Lipinski definition) is 0. The number of methoxy groups -OCH3 is 1. The molecule has 0 radical (unpaired) electrons. The second kappa shape index (κ2) is 7.74. The minimum absolute atomic E-state index is 0.0473. The normalized spacial score (nSPS) is 15.0. The number of benzene rings is 1. The molecule has 7 heteroatoms. The molecule has 132 valence electrons. The smallest absolute Gasteiger partial charge is 0.289 e. The SMILES string of the molecule is COc1cccc(C(=O)N2CCCN(C(=O)c3ccc(Br)o3)CC2)c1. The predicted molar refractivity (Wildman–Crippen MR) is 95.8 cm³/mol. The Morgan fingerprint density at radius 2 is 1.76 bits per heavy atom. The first-order valence-electron chi connectivity index (χ1n) is 8.06. The van der Waals surface area contributed by atoms with Crippen LogP contribution in [0.3, 0.4) is 0 Å². The summed E-state index contributed by atoms with van der Waals surface area (Å²) in [4.78, 5) is 28.7. The largest absolute Gasteiger partial charge is 0.497 e. The maximum absolute atomic E-state index is 12.7. The molecule has 3 rings (SSSR count). The van der Waals surface area contributed by atoms with Crippen LogP contribution in [-0.2, 0) is 0 Å². The fourth-order valence-corrected chi connectivity index (χ4v) is 3.15. The molecule has 1 saturated heterocycles. The van der Waals surface area contributed by atoms with E-state index in [4.69, 9.17) is 9.15 Å². The lowest BCUT2D eigenvalue weighted by molar-refractivity contribution is 0.0699. The Labute approximate surface area is 154 Å². The highest BCUT2D eigenvalue weighted by Crippen LogP contribution is 2.18. The highest BCUT2D eigenvalue weighted by molar-refractivity contribution is 9.10. The van der Waals surface area contributed by atoms with E-state index in [9.17, 15) is 9.59 Å². The molecule has 1 aromatic heterocycles. The lowest BCUT2D eigenvalue weighted by Crippen LogP contribution is -2.37. The molecule has 0 bridgehead atoms. The van der Waals surface area contributed by atoms with Crippen molar-refractivity contribution in [3.63, 3.8) is 0 Å². The molecule has 2 aromatic rings. The highest BCUT2D eigenvalue weighted by Gasteiger charge is 2.25. The molecule has 2 amide bonds. The summed E-state index contributed by atoms with van der Waals surface area (Å²) < 4.78 is 11.0. The number of ether oxygens (including phenoxy) is 1. The van der Waals surface area contributed by atoms with Crippen molar-refractivity contribution in [3.8, 4) is 5.75 Å². The van der Waals surface area contributed by atoms with E-state index >= 15 is 0 Å². The number of amides is 2. The van der Waals surface area contributed by atoms with Crippen LogP contribution in [0.1, 0.15) is 27.3 Å². The van der Waals surface area contributed by atoms with Gasteiger partial charge in [-0.1, -0.05) is 6.07 Å². The second-order valence-electron chi connectivity index (χ2n) is 5.77. The van der Waals surface area contributed by atoms with Gasteiger partial charge in [0.15, 0.2) is 10.4 Å². The summed E-state index contributed by atoms with van der Waals surface area (Å²) in [6, 6.07) is 10.5. The van der Waals surface area contributed by atoms with Crippen LogP contribution in [0.25, 0.3) is 0 Å². The Kier molecular flexibility index (Phi) is 5.43. The van der Waals surface area contributed by atoms with Crippen molar-refractivity contribution in [2.75, 3.05) is 33.3 Å². The summed E-state index contributed by atoms with van der Waals surface area (Å²) >= 11 is 3.21. The van der Waals surface area contributed by atoms with Crippen molar-refractivity contribution >= 4 is 27.7 Å². The third-order valence-electron chi connectivity index (χ3n) is 4.17. The monoisotopic (exact) mass is 406 g/mol. The van der Waals surface area contributed by atoms with Gasteiger partial charge in [-0.3, -0.25) is 9.59 Å². The molecule has 0 saturated carbocycles. The van der Waals surface area contributed by atoms with E-state index in [0.29, 0.717) is 47.9 Å². The minimum Gasteiger partial charge on any atom is -0.497 e. The third-order valence-corrected chi connectivity index (χ3v) is 4.60. The molecular weight excluding hydrogens is 388 g/mol. The summed E-state index contributed by atoms with van der Waals surface area (Å²) in [6.45, 7) is 2.18. The number of furan rings is 1. The van der Waals surface area contributed by atoms with E-state index in [1.807, 2.05) is 0 Å². The Bertz CT molecular complexity index is 774. The quantitative estimate of drug-likeness (QED) is 0.785. The molecule has 0 atom stereocenters. The molecule has 0 N–H and O–H groups in total. The van der Waals surface area contributed by atoms with E-state index in [0.717, 1.165) is 6.42 Å². The third kappa shape index (κ3) is 4.04. The molecule has 1 fully saturated rings. The first-order valence-corrected chi connectivity index (χ1v) is 8.86. The van der Waals surface area contributed by atoms with E-state index in [1.54, 1.807) is 53.3 Å². The average molecular weight is 407 g/mol. The number of rotatable bonds is 3.